The zero-order valence-corrected chi connectivity index (χ0v) is 20.5. The number of carbonyl (C=O) groups is 2. The van der Waals surface area contributed by atoms with E-state index >= 15 is 0 Å². The van der Waals surface area contributed by atoms with Crippen LogP contribution in [0.1, 0.15) is 39.7 Å². The zero-order valence-electron chi connectivity index (χ0n) is 19.7. The number of nitrogens with one attached hydrogen (secondary N) is 1. The Morgan fingerprint density at radius 2 is 1.61 bits per heavy atom. The molecule has 2 rings (SSSR count). The molecule has 9 heteroatoms. The second kappa shape index (κ2) is 10.8. The van der Waals surface area contributed by atoms with Gasteiger partial charge in [0.05, 0.1) is 11.9 Å². The number of rotatable bonds is 9. The van der Waals surface area contributed by atoms with Crippen molar-refractivity contribution in [3.05, 3.63) is 66.0 Å². The topological polar surface area (TPSA) is 86.8 Å². The molecule has 0 aliphatic heterocycles. The minimum Gasteiger partial charge on any atom is -0.350 e. The van der Waals surface area contributed by atoms with Crippen LogP contribution in [0.2, 0.25) is 0 Å². The molecule has 0 unspecified atom stereocenters. The minimum atomic E-state index is -3.85. The molecule has 0 heterocycles. The van der Waals surface area contributed by atoms with Crippen molar-refractivity contribution in [1.82, 2.24) is 10.2 Å². The van der Waals surface area contributed by atoms with Gasteiger partial charge in [0.15, 0.2) is 0 Å². The van der Waals surface area contributed by atoms with Crippen molar-refractivity contribution in [1.29, 1.82) is 0 Å². The normalized spacial score (nSPS) is 12.7. The quantitative estimate of drug-likeness (QED) is 0.600. The molecule has 0 saturated heterocycles. The van der Waals surface area contributed by atoms with E-state index < -0.39 is 39.9 Å². The monoisotopic (exact) mass is 477 g/mol. The van der Waals surface area contributed by atoms with E-state index in [1.807, 2.05) is 51.1 Å². The molecule has 0 spiro atoms. The summed E-state index contributed by atoms with van der Waals surface area (Å²) in [6.07, 6.45) is 1.32. The Kier molecular flexibility index (Phi) is 8.60. The number of nitrogens with zero attached hydrogens (tertiary/aromatic N) is 2. The van der Waals surface area contributed by atoms with E-state index in [1.54, 1.807) is 6.92 Å². The van der Waals surface area contributed by atoms with Crippen LogP contribution in [0.4, 0.5) is 10.1 Å². The third-order valence-corrected chi connectivity index (χ3v) is 6.01. The summed E-state index contributed by atoms with van der Waals surface area (Å²) in [4.78, 5) is 27.9. The van der Waals surface area contributed by atoms with Gasteiger partial charge in [-0.15, -0.1) is 0 Å². The first kappa shape index (κ1) is 26.3. The second-order valence-electron chi connectivity index (χ2n) is 8.92. The number of amides is 2. The van der Waals surface area contributed by atoms with E-state index in [9.17, 15) is 22.4 Å². The molecule has 2 aromatic carbocycles. The van der Waals surface area contributed by atoms with Crippen LogP contribution in [0.25, 0.3) is 0 Å². The third-order valence-electron chi connectivity index (χ3n) is 4.87. The molecule has 1 N–H and O–H groups in total. The number of carbonyl (C=O) groups excluding carboxylic acids is 2. The van der Waals surface area contributed by atoms with Gasteiger partial charge >= 0.3 is 0 Å². The van der Waals surface area contributed by atoms with E-state index in [0.29, 0.717) is 6.42 Å². The van der Waals surface area contributed by atoms with Crippen molar-refractivity contribution >= 4 is 27.5 Å². The van der Waals surface area contributed by atoms with Gasteiger partial charge in [0, 0.05) is 12.1 Å². The van der Waals surface area contributed by atoms with Crippen molar-refractivity contribution in [3.8, 4) is 0 Å². The predicted octanol–water partition coefficient (Wildman–Crippen LogP) is 3.31. The molecule has 0 aromatic heterocycles. The molecule has 0 aliphatic rings. The number of hydrogen-bond acceptors (Lipinski definition) is 4. The SMILES string of the molecule is CC[C@@H](C(=O)NC(C)(C)C)N(Cc1ccccc1)C(=O)CN(c1ccc(F)cc1)S(C)(=O)=O. The molecule has 1 atom stereocenters. The first-order valence-electron chi connectivity index (χ1n) is 10.7. The Bertz CT molecular complexity index is 1050. The lowest BCUT2D eigenvalue weighted by Crippen LogP contribution is -2.55. The Morgan fingerprint density at radius 3 is 2.09 bits per heavy atom. The summed E-state index contributed by atoms with van der Waals surface area (Å²) in [5, 5.41) is 2.91. The fourth-order valence-electron chi connectivity index (χ4n) is 3.37. The van der Waals surface area contributed by atoms with Crippen LogP contribution in [0, 0.1) is 5.82 Å². The van der Waals surface area contributed by atoms with Crippen LogP contribution < -0.4 is 9.62 Å². The van der Waals surface area contributed by atoms with Crippen molar-refractivity contribution in [2.45, 2.75) is 52.2 Å². The van der Waals surface area contributed by atoms with Gasteiger partial charge in [0.1, 0.15) is 18.4 Å². The highest BCUT2D eigenvalue weighted by Gasteiger charge is 2.33. The maximum atomic E-state index is 13.5. The van der Waals surface area contributed by atoms with Gasteiger partial charge < -0.3 is 10.2 Å². The Morgan fingerprint density at radius 1 is 1.03 bits per heavy atom. The van der Waals surface area contributed by atoms with Gasteiger partial charge in [0.25, 0.3) is 0 Å². The standard InChI is InChI=1S/C24H32FN3O4S/c1-6-21(23(30)26-24(2,3)4)27(16-18-10-8-7-9-11-18)22(29)17-28(33(5,31)32)20-14-12-19(25)13-15-20/h7-15,21H,6,16-17H2,1-5H3,(H,26,30)/t21-/m0/s1. The average molecular weight is 478 g/mol. The zero-order chi connectivity index (χ0) is 24.8. The second-order valence-corrected chi connectivity index (χ2v) is 10.8. The maximum absolute atomic E-state index is 13.5. The highest BCUT2D eigenvalue weighted by molar-refractivity contribution is 7.92. The van der Waals surface area contributed by atoms with Gasteiger partial charge in [-0.25, -0.2) is 12.8 Å². The Balaban J connectivity index is 2.42. The number of anilines is 1. The summed E-state index contributed by atoms with van der Waals surface area (Å²) >= 11 is 0. The summed E-state index contributed by atoms with van der Waals surface area (Å²) in [5.41, 5.74) is 0.471. The van der Waals surface area contributed by atoms with Crippen molar-refractivity contribution in [2.24, 2.45) is 0 Å². The molecule has 0 bridgehead atoms. The van der Waals surface area contributed by atoms with Crippen molar-refractivity contribution in [3.63, 3.8) is 0 Å². The maximum Gasteiger partial charge on any atom is 0.244 e. The number of hydrogen-bond donors (Lipinski definition) is 1. The highest BCUT2D eigenvalue weighted by atomic mass is 32.2. The van der Waals surface area contributed by atoms with E-state index in [2.05, 4.69) is 5.32 Å². The van der Waals surface area contributed by atoms with Crippen LogP contribution in [0.3, 0.4) is 0 Å². The summed E-state index contributed by atoms with van der Waals surface area (Å²) in [5.74, 6) is -1.37. The predicted molar refractivity (Wildman–Crippen MR) is 128 cm³/mol. The Hall–Kier alpha value is -2.94. The number of halogens is 1. The van der Waals surface area contributed by atoms with E-state index in [0.717, 1.165) is 28.3 Å². The average Bonchev–Trinajstić information content (AvgIpc) is 2.71. The van der Waals surface area contributed by atoms with Crippen molar-refractivity contribution < 1.29 is 22.4 Å². The molecule has 33 heavy (non-hydrogen) atoms. The lowest BCUT2D eigenvalue weighted by Gasteiger charge is -2.34. The molecule has 0 saturated carbocycles. The highest BCUT2D eigenvalue weighted by Crippen LogP contribution is 2.20. The fraction of sp³-hybridized carbons (Fsp3) is 0.417. The molecule has 0 fully saturated rings. The Labute approximate surface area is 195 Å². The lowest BCUT2D eigenvalue weighted by atomic mass is 10.1. The summed E-state index contributed by atoms with van der Waals surface area (Å²) in [6, 6.07) is 13.2. The van der Waals surface area contributed by atoms with E-state index in [-0.39, 0.29) is 18.1 Å². The molecule has 0 radical (unpaired) electrons. The van der Waals surface area contributed by atoms with Crippen LogP contribution in [-0.4, -0.2) is 49.5 Å². The van der Waals surface area contributed by atoms with Crippen LogP contribution in [-0.2, 0) is 26.2 Å². The first-order chi connectivity index (χ1) is 15.3. The summed E-state index contributed by atoms with van der Waals surface area (Å²) < 4.78 is 39.2. The lowest BCUT2D eigenvalue weighted by molar-refractivity contribution is -0.141. The molecule has 2 aromatic rings. The molecular weight excluding hydrogens is 445 g/mol. The summed E-state index contributed by atoms with van der Waals surface area (Å²) in [6.45, 7) is 6.96. The largest absolute Gasteiger partial charge is 0.350 e. The fourth-order valence-corrected chi connectivity index (χ4v) is 4.22. The molecule has 7 nitrogen and oxygen atoms in total. The third kappa shape index (κ3) is 7.85. The van der Waals surface area contributed by atoms with Crippen LogP contribution >= 0.6 is 0 Å². The van der Waals surface area contributed by atoms with Gasteiger partial charge in [-0.05, 0) is 57.0 Å². The van der Waals surface area contributed by atoms with Crippen LogP contribution in [0.5, 0.6) is 0 Å². The minimum absolute atomic E-state index is 0.136. The van der Waals surface area contributed by atoms with Crippen molar-refractivity contribution in [2.75, 3.05) is 17.1 Å². The van der Waals surface area contributed by atoms with Gasteiger partial charge in [0.2, 0.25) is 21.8 Å². The molecule has 180 valence electrons. The van der Waals surface area contributed by atoms with E-state index in [1.165, 1.54) is 17.0 Å². The smallest absolute Gasteiger partial charge is 0.244 e. The van der Waals surface area contributed by atoms with Gasteiger partial charge in [-0.1, -0.05) is 37.3 Å². The van der Waals surface area contributed by atoms with E-state index in [4.69, 9.17) is 0 Å². The van der Waals surface area contributed by atoms with Gasteiger partial charge in [-0.3, -0.25) is 13.9 Å². The molecule has 0 aliphatic carbocycles. The first-order valence-corrected chi connectivity index (χ1v) is 12.6. The number of benzene rings is 2. The summed E-state index contributed by atoms with van der Waals surface area (Å²) in [7, 11) is -3.85. The molecular formula is C24H32FN3O4S. The van der Waals surface area contributed by atoms with Gasteiger partial charge in [-0.2, -0.15) is 0 Å². The molecule has 2 amide bonds. The number of sulfonamides is 1. The van der Waals surface area contributed by atoms with Crippen LogP contribution in [0.15, 0.2) is 54.6 Å².